The highest BCUT2D eigenvalue weighted by atomic mass is 35.5. The van der Waals surface area contributed by atoms with Crippen LogP contribution in [0.1, 0.15) is 10.4 Å². The lowest BCUT2D eigenvalue weighted by atomic mass is 10.1. The summed E-state index contributed by atoms with van der Waals surface area (Å²) in [4.78, 5) is 27.1. The second-order valence-electron chi connectivity index (χ2n) is 6.08. The molecule has 0 spiro atoms. The molecule has 9 heteroatoms. The predicted octanol–water partition coefficient (Wildman–Crippen LogP) is 5.44. The zero-order valence-electron chi connectivity index (χ0n) is 14.6. The Labute approximate surface area is 174 Å². The molecule has 0 saturated carbocycles. The largest absolute Gasteiger partial charge is 0.423 e. The molecule has 0 fully saturated rings. The fourth-order valence-corrected chi connectivity index (χ4v) is 3.01. The number of pyridine rings is 1. The summed E-state index contributed by atoms with van der Waals surface area (Å²) in [5, 5.41) is 11.5. The number of hydrogen-bond donors (Lipinski definition) is 0. The van der Waals surface area contributed by atoms with Crippen LogP contribution in [0, 0.1) is 10.1 Å². The van der Waals surface area contributed by atoms with Crippen LogP contribution in [-0.4, -0.2) is 20.3 Å². The van der Waals surface area contributed by atoms with Gasteiger partial charge >= 0.3 is 5.97 Å². The highest BCUT2D eigenvalue weighted by Crippen LogP contribution is 2.26. The van der Waals surface area contributed by atoms with Gasteiger partial charge in [-0.25, -0.2) is 9.78 Å². The van der Waals surface area contributed by atoms with Gasteiger partial charge in [-0.15, -0.1) is 0 Å². The van der Waals surface area contributed by atoms with Crippen molar-refractivity contribution < 1.29 is 14.5 Å². The van der Waals surface area contributed by atoms with Gasteiger partial charge < -0.3 is 4.74 Å². The maximum atomic E-state index is 12.2. The molecular weight excluding hydrogens is 417 g/mol. The van der Waals surface area contributed by atoms with Crippen molar-refractivity contribution in [2.24, 2.45) is 0 Å². The first-order valence-electron chi connectivity index (χ1n) is 8.31. The van der Waals surface area contributed by atoms with Gasteiger partial charge in [0.15, 0.2) is 0 Å². The summed E-state index contributed by atoms with van der Waals surface area (Å²) >= 11 is 11.8. The van der Waals surface area contributed by atoms with Crippen molar-refractivity contribution in [1.29, 1.82) is 0 Å². The Morgan fingerprint density at radius 2 is 1.76 bits per heavy atom. The van der Waals surface area contributed by atoms with Crippen molar-refractivity contribution in [3.05, 3.63) is 92.7 Å². The van der Waals surface area contributed by atoms with Gasteiger partial charge in [0.1, 0.15) is 11.4 Å². The lowest BCUT2D eigenvalue weighted by molar-refractivity contribution is -0.385. The molecule has 0 aliphatic rings. The van der Waals surface area contributed by atoms with Crippen LogP contribution < -0.4 is 4.74 Å². The highest BCUT2D eigenvalue weighted by Gasteiger charge is 2.12. The summed E-state index contributed by atoms with van der Waals surface area (Å²) in [6, 6.07) is 14.2. The molecular formula is C20H11Cl2N3O4. The number of halogens is 2. The van der Waals surface area contributed by atoms with E-state index < -0.39 is 10.9 Å². The lowest BCUT2D eigenvalue weighted by Gasteiger charge is -2.06. The van der Waals surface area contributed by atoms with E-state index in [9.17, 15) is 14.9 Å². The van der Waals surface area contributed by atoms with E-state index in [0.29, 0.717) is 22.1 Å². The number of carbonyl (C=O) groups excluding carboxylic acids is 1. The second kappa shape index (κ2) is 7.54. The molecule has 0 saturated heterocycles. The van der Waals surface area contributed by atoms with Crippen molar-refractivity contribution in [1.82, 2.24) is 9.38 Å². The number of aromatic nitrogens is 2. The lowest BCUT2D eigenvalue weighted by Crippen LogP contribution is -2.08. The minimum absolute atomic E-state index is 0.0222. The molecule has 0 bridgehead atoms. The number of hydrogen-bond acceptors (Lipinski definition) is 5. The van der Waals surface area contributed by atoms with Crippen LogP contribution in [0.15, 0.2) is 67.0 Å². The SMILES string of the molecule is O=C(Oc1ccc(-c2cn3cc([N+](=O)[O-])ccc3n2)cc1)c1ccc(Cl)c(Cl)c1. The minimum Gasteiger partial charge on any atom is -0.423 e. The molecule has 29 heavy (non-hydrogen) atoms. The Kier molecular flexibility index (Phi) is 4.92. The molecule has 2 heterocycles. The van der Waals surface area contributed by atoms with E-state index in [1.54, 1.807) is 40.9 Å². The third-order valence-electron chi connectivity index (χ3n) is 4.16. The van der Waals surface area contributed by atoms with Crippen LogP contribution in [0.25, 0.3) is 16.9 Å². The molecule has 4 aromatic rings. The summed E-state index contributed by atoms with van der Waals surface area (Å²) in [6.07, 6.45) is 3.10. The smallest absolute Gasteiger partial charge is 0.343 e. The van der Waals surface area contributed by atoms with Gasteiger partial charge in [-0.2, -0.15) is 0 Å². The molecule has 0 aliphatic heterocycles. The fraction of sp³-hybridized carbons (Fsp3) is 0. The number of carbonyl (C=O) groups is 1. The summed E-state index contributed by atoms with van der Waals surface area (Å²) in [5.74, 6) is -0.208. The van der Waals surface area contributed by atoms with E-state index in [1.807, 2.05) is 0 Å². The molecule has 0 radical (unpaired) electrons. The maximum Gasteiger partial charge on any atom is 0.343 e. The molecule has 0 aliphatic carbocycles. The number of imidazole rings is 1. The zero-order valence-corrected chi connectivity index (χ0v) is 16.1. The van der Waals surface area contributed by atoms with Crippen molar-refractivity contribution in [3.8, 4) is 17.0 Å². The van der Waals surface area contributed by atoms with E-state index in [2.05, 4.69) is 4.98 Å². The molecule has 0 unspecified atom stereocenters. The van der Waals surface area contributed by atoms with E-state index in [4.69, 9.17) is 27.9 Å². The van der Waals surface area contributed by atoms with Gasteiger partial charge in [-0.1, -0.05) is 23.2 Å². The molecule has 0 atom stereocenters. The Morgan fingerprint density at radius 3 is 2.45 bits per heavy atom. The maximum absolute atomic E-state index is 12.2. The molecule has 0 N–H and O–H groups in total. The number of benzene rings is 2. The third-order valence-corrected chi connectivity index (χ3v) is 4.90. The van der Waals surface area contributed by atoms with Gasteiger partial charge in [0.05, 0.1) is 32.4 Å². The van der Waals surface area contributed by atoms with Crippen molar-refractivity contribution in [2.45, 2.75) is 0 Å². The average molecular weight is 428 g/mol. The number of ether oxygens (including phenoxy) is 1. The van der Waals surface area contributed by atoms with Gasteiger partial charge in [-0.3, -0.25) is 14.5 Å². The molecule has 2 aromatic heterocycles. The Balaban J connectivity index is 1.54. The molecule has 7 nitrogen and oxygen atoms in total. The first-order chi connectivity index (χ1) is 13.9. The number of rotatable bonds is 4. The van der Waals surface area contributed by atoms with Crippen LogP contribution >= 0.6 is 23.2 Å². The zero-order chi connectivity index (χ0) is 20.5. The summed E-state index contributed by atoms with van der Waals surface area (Å²) in [7, 11) is 0. The Morgan fingerprint density at radius 1 is 1.00 bits per heavy atom. The topological polar surface area (TPSA) is 86.7 Å². The van der Waals surface area contributed by atoms with E-state index in [0.717, 1.165) is 5.56 Å². The number of fused-ring (bicyclic) bond motifs is 1. The highest BCUT2D eigenvalue weighted by molar-refractivity contribution is 6.42. The van der Waals surface area contributed by atoms with Crippen LogP contribution in [0.2, 0.25) is 10.0 Å². The van der Waals surface area contributed by atoms with Crippen molar-refractivity contribution >= 4 is 40.5 Å². The quantitative estimate of drug-likeness (QED) is 0.187. The average Bonchev–Trinajstić information content (AvgIpc) is 3.13. The molecule has 2 aromatic carbocycles. The number of esters is 1. The summed E-state index contributed by atoms with van der Waals surface area (Å²) < 4.78 is 6.93. The monoisotopic (exact) mass is 427 g/mol. The van der Waals surface area contributed by atoms with Gasteiger partial charge in [0.25, 0.3) is 5.69 Å². The van der Waals surface area contributed by atoms with Crippen LogP contribution in [-0.2, 0) is 0 Å². The molecule has 4 rings (SSSR count). The molecule has 144 valence electrons. The minimum atomic E-state index is -0.559. The van der Waals surface area contributed by atoms with Crippen molar-refractivity contribution in [2.75, 3.05) is 0 Å². The van der Waals surface area contributed by atoms with Gasteiger partial charge in [0.2, 0.25) is 0 Å². The van der Waals surface area contributed by atoms with E-state index in [-0.39, 0.29) is 16.3 Å². The Bertz CT molecular complexity index is 1250. The second-order valence-corrected chi connectivity index (χ2v) is 6.89. The van der Waals surface area contributed by atoms with Gasteiger partial charge in [-0.05, 0) is 48.5 Å². The van der Waals surface area contributed by atoms with Crippen LogP contribution in [0.5, 0.6) is 5.75 Å². The fourth-order valence-electron chi connectivity index (χ4n) is 2.71. The predicted molar refractivity (Wildman–Crippen MR) is 109 cm³/mol. The standard InChI is InChI=1S/C20H11Cl2N3O4/c21-16-7-3-13(9-17(16)22)20(26)29-15-5-1-12(2-6-15)18-11-24-10-14(25(27)28)4-8-19(24)23-18/h1-11H. The normalized spacial score (nSPS) is 10.8. The molecule has 0 amide bonds. The van der Waals surface area contributed by atoms with Crippen LogP contribution in [0.3, 0.4) is 0 Å². The van der Waals surface area contributed by atoms with Gasteiger partial charge in [0, 0.05) is 17.8 Å². The van der Waals surface area contributed by atoms with Crippen LogP contribution in [0.4, 0.5) is 5.69 Å². The number of nitro groups is 1. The first kappa shape index (κ1) is 18.9. The summed E-state index contributed by atoms with van der Waals surface area (Å²) in [6.45, 7) is 0. The van der Waals surface area contributed by atoms with E-state index >= 15 is 0 Å². The summed E-state index contributed by atoms with van der Waals surface area (Å²) in [5.41, 5.74) is 2.25. The first-order valence-corrected chi connectivity index (χ1v) is 9.07. The van der Waals surface area contributed by atoms with E-state index in [1.165, 1.54) is 30.5 Å². The number of nitrogens with zero attached hydrogens (tertiary/aromatic N) is 3. The third kappa shape index (κ3) is 3.91. The van der Waals surface area contributed by atoms with Crippen molar-refractivity contribution in [3.63, 3.8) is 0 Å². The Hall–Kier alpha value is -3.42.